The molecule has 2 fully saturated rings. The van der Waals surface area contributed by atoms with Crippen molar-refractivity contribution >= 4 is 16.9 Å². The van der Waals surface area contributed by atoms with E-state index in [1.165, 1.54) is 80.7 Å². The Kier molecular flexibility index (Phi) is 8.32. The highest BCUT2D eigenvalue weighted by Crippen LogP contribution is 2.62. The van der Waals surface area contributed by atoms with E-state index in [0.29, 0.717) is 29.4 Å². The number of aromatic hydroxyl groups is 1. The summed E-state index contributed by atoms with van der Waals surface area (Å²) in [6.07, 6.45) is 15.7. The summed E-state index contributed by atoms with van der Waals surface area (Å²) in [6, 6.07) is 6.11. The molecule has 4 unspecified atom stereocenters. The Morgan fingerprint density at radius 3 is 2.58 bits per heavy atom. The van der Waals surface area contributed by atoms with Crippen LogP contribution in [-0.2, 0) is 6.42 Å². The Bertz CT molecular complexity index is 815. The van der Waals surface area contributed by atoms with Crippen molar-refractivity contribution in [3.63, 3.8) is 0 Å². The molecule has 184 valence electrons. The maximum absolute atomic E-state index is 10.8. The Hall–Kier alpha value is -1.20. The normalized spacial score (nSPS) is 32.7. The monoisotopic (exact) mass is 472 g/mol. The van der Waals surface area contributed by atoms with Gasteiger partial charge in [-0.05, 0) is 97.3 Å². The summed E-state index contributed by atoms with van der Waals surface area (Å²) in [5.74, 6) is 4.01. The molecule has 0 bridgehead atoms. The lowest BCUT2D eigenvalue weighted by molar-refractivity contribution is -0.0396. The molecule has 0 radical (unpaired) electrons. The van der Waals surface area contributed by atoms with Crippen LogP contribution in [0.25, 0.3) is 0 Å². The van der Waals surface area contributed by atoms with Crippen molar-refractivity contribution < 1.29 is 10.2 Å². The third-order valence-electron chi connectivity index (χ3n) is 9.31. The minimum Gasteiger partial charge on any atom is -0.508 e. The van der Waals surface area contributed by atoms with Crippen LogP contribution >= 0.6 is 11.8 Å². The largest absolute Gasteiger partial charge is 0.508 e. The molecular formula is C28H44N2O2S. The number of hydrogen-bond acceptors (Lipinski definition) is 4. The van der Waals surface area contributed by atoms with Crippen LogP contribution in [0.2, 0.25) is 0 Å². The van der Waals surface area contributed by atoms with Gasteiger partial charge in [-0.1, -0.05) is 63.3 Å². The van der Waals surface area contributed by atoms with Crippen LogP contribution in [0, 0.1) is 28.6 Å². The summed E-state index contributed by atoms with van der Waals surface area (Å²) in [5, 5.41) is 28.4. The van der Waals surface area contributed by atoms with Gasteiger partial charge in [-0.2, -0.15) is 0 Å². The highest BCUT2D eigenvalue weighted by atomic mass is 32.2. The van der Waals surface area contributed by atoms with E-state index < -0.39 is 0 Å². The maximum atomic E-state index is 10.8. The van der Waals surface area contributed by atoms with Gasteiger partial charge in [-0.25, -0.2) is 0 Å². The number of thioether (sulfide) groups is 1. The van der Waals surface area contributed by atoms with Gasteiger partial charge in [-0.3, -0.25) is 5.41 Å². The number of benzene rings is 1. The van der Waals surface area contributed by atoms with Gasteiger partial charge >= 0.3 is 0 Å². The molecule has 3 aliphatic carbocycles. The van der Waals surface area contributed by atoms with E-state index in [1.807, 2.05) is 12.1 Å². The molecule has 0 amide bonds. The van der Waals surface area contributed by atoms with Crippen molar-refractivity contribution in [2.24, 2.45) is 28.9 Å². The van der Waals surface area contributed by atoms with Gasteiger partial charge in [0.15, 0.2) is 5.17 Å². The number of aliphatic hydroxyl groups is 1. The van der Waals surface area contributed by atoms with E-state index in [-0.39, 0.29) is 16.7 Å². The fourth-order valence-electron chi connectivity index (χ4n) is 7.61. The van der Waals surface area contributed by atoms with E-state index >= 15 is 0 Å². The zero-order valence-corrected chi connectivity index (χ0v) is 21.2. The Balaban J connectivity index is 1.31. The molecule has 6 atom stereocenters. The molecule has 5 N–H and O–H groups in total. The van der Waals surface area contributed by atoms with Crippen LogP contribution < -0.4 is 5.73 Å². The van der Waals surface area contributed by atoms with Crippen LogP contribution in [0.5, 0.6) is 5.75 Å². The van der Waals surface area contributed by atoms with Gasteiger partial charge < -0.3 is 15.9 Å². The molecule has 0 spiro atoms. The first kappa shape index (κ1) is 24.9. The second-order valence-electron chi connectivity index (χ2n) is 11.3. The highest BCUT2D eigenvalue weighted by Gasteiger charge is 2.56. The molecule has 3 aliphatic rings. The van der Waals surface area contributed by atoms with E-state index in [4.69, 9.17) is 11.1 Å². The van der Waals surface area contributed by atoms with Gasteiger partial charge in [-0.15, -0.1) is 0 Å². The highest BCUT2D eigenvalue weighted by molar-refractivity contribution is 8.13. The van der Waals surface area contributed by atoms with Crippen molar-refractivity contribution in [2.75, 3.05) is 5.75 Å². The molecule has 0 heterocycles. The summed E-state index contributed by atoms with van der Waals surface area (Å²) in [7, 11) is 0. The number of aliphatic hydroxyl groups excluding tert-OH is 1. The predicted molar refractivity (Wildman–Crippen MR) is 139 cm³/mol. The number of hydrogen-bond donors (Lipinski definition) is 4. The minimum absolute atomic E-state index is 0.106. The number of rotatable bonds is 10. The number of unbranched alkanes of at least 4 members (excludes halogenated alkanes) is 6. The molecular weight excluding hydrogens is 428 g/mol. The van der Waals surface area contributed by atoms with Crippen molar-refractivity contribution in [2.45, 2.75) is 102 Å². The number of phenols is 1. The number of nitrogens with two attached hydrogens (primary N) is 1. The summed E-state index contributed by atoms with van der Waals surface area (Å²) in [5.41, 5.74) is 8.36. The van der Waals surface area contributed by atoms with E-state index in [1.54, 1.807) is 0 Å². The number of amidine groups is 1. The van der Waals surface area contributed by atoms with E-state index in [2.05, 4.69) is 13.0 Å². The average Bonchev–Trinajstić information content (AvgIpc) is 3.08. The molecule has 4 nitrogen and oxygen atoms in total. The zero-order chi connectivity index (χ0) is 23.4. The summed E-state index contributed by atoms with van der Waals surface area (Å²) >= 11 is 1.46. The second kappa shape index (κ2) is 11.0. The quantitative estimate of drug-likeness (QED) is 0.176. The number of fused-ring (bicyclic) bond motifs is 5. The molecule has 33 heavy (non-hydrogen) atoms. The first-order valence-electron chi connectivity index (χ1n) is 13.4. The van der Waals surface area contributed by atoms with Crippen molar-refractivity contribution in [3.05, 3.63) is 29.3 Å². The minimum atomic E-state index is -0.126. The molecule has 0 saturated heterocycles. The first-order chi connectivity index (χ1) is 15.9. The lowest BCUT2D eigenvalue weighted by atomic mass is 9.52. The predicted octanol–water partition coefficient (Wildman–Crippen LogP) is 6.58. The van der Waals surface area contributed by atoms with Gasteiger partial charge in [0.25, 0.3) is 0 Å². The molecule has 4 rings (SSSR count). The Morgan fingerprint density at radius 1 is 1.09 bits per heavy atom. The van der Waals surface area contributed by atoms with Crippen LogP contribution in [0.4, 0.5) is 0 Å². The Labute approximate surface area is 204 Å². The van der Waals surface area contributed by atoms with Crippen LogP contribution in [0.1, 0.15) is 101 Å². The average molecular weight is 473 g/mol. The standard InChI is InChI=1S/C28H44N2O2S/c1-28-15-14-23-22-11-10-21(31)18-20(22)17-19(26(23)24(28)12-13-25(28)32)9-7-5-3-2-4-6-8-16-33-27(29)30/h10-11,18-19,23-26,31-32H,2-9,12-17H2,1H3,(H3,29,30)/t19?,23?,24?,25-,26?,28-/m0/s1. The third-order valence-corrected chi connectivity index (χ3v) is 10.1. The fraction of sp³-hybridized carbons (Fsp3) is 0.750. The van der Waals surface area contributed by atoms with E-state index in [0.717, 1.165) is 31.4 Å². The summed E-state index contributed by atoms with van der Waals surface area (Å²) in [4.78, 5) is 0. The SMILES string of the molecule is C[C@]12CCC3c4ccc(O)cc4CC(CCCCCCCCCSC(=N)N)C3C1CC[C@@H]2O. The lowest BCUT2D eigenvalue weighted by Gasteiger charge is -2.53. The van der Waals surface area contributed by atoms with Crippen molar-refractivity contribution in [1.29, 1.82) is 5.41 Å². The molecule has 1 aromatic rings. The maximum Gasteiger partial charge on any atom is 0.151 e. The molecule has 2 saturated carbocycles. The molecule has 5 heteroatoms. The van der Waals surface area contributed by atoms with Crippen LogP contribution in [0.15, 0.2) is 18.2 Å². The third kappa shape index (κ3) is 5.56. The molecule has 0 aliphatic heterocycles. The lowest BCUT2D eigenvalue weighted by Crippen LogP contribution is -2.47. The summed E-state index contributed by atoms with van der Waals surface area (Å²) in [6.45, 7) is 2.36. The Morgan fingerprint density at radius 2 is 1.82 bits per heavy atom. The van der Waals surface area contributed by atoms with Gasteiger partial charge in [0.1, 0.15) is 5.75 Å². The van der Waals surface area contributed by atoms with E-state index in [9.17, 15) is 10.2 Å². The molecule has 0 aromatic heterocycles. The second-order valence-corrected chi connectivity index (χ2v) is 12.4. The smallest absolute Gasteiger partial charge is 0.151 e. The van der Waals surface area contributed by atoms with Gasteiger partial charge in [0.05, 0.1) is 6.10 Å². The van der Waals surface area contributed by atoms with Crippen LogP contribution in [0.3, 0.4) is 0 Å². The van der Waals surface area contributed by atoms with Gasteiger partial charge in [0, 0.05) is 5.75 Å². The zero-order valence-electron chi connectivity index (χ0n) is 20.4. The topological polar surface area (TPSA) is 90.3 Å². The molecule has 1 aromatic carbocycles. The summed E-state index contributed by atoms with van der Waals surface area (Å²) < 4.78 is 0. The van der Waals surface area contributed by atoms with Crippen LogP contribution in [-0.4, -0.2) is 27.2 Å². The van der Waals surface area contributed by atoms with Crippen molar-refractivity contribution in [3.8, 4) is 5.75 Å². The first-order valence-corrected chi connectivity index (χ1v) is 14.4. The number of phenolic OH excluding ortho intramolecular Hbond substituents is 1. The van der Waals surface area contributed by atoms with Crippen molar-refractivity contribution in [1.82, 2.24) is 0 Å². The fourth-order valence-corrected chi connectivity index (χ4v) is 8.17. The van der Waals surface area contributed by atoms with Gasteiger partial charge in [0.2, 0.25) is 0 Å². The number of nitrogens with one attached hydrogen (secondary N) is 1.